The van der Waals surface area contributed by atoms with E-state index in [1.807, 2.05) is 0 Å². The van der Waals surface area contributed by atoms with Crippen molar-refractivity contribution in [2.75, 3.05) is 12.3 Å². The van der Waals surface area contributed by atoms with Crippen molar-refractivity contribution in [1.82, 2.24) is 19.5 Å². The molecule has 23 heavy (non-hydrogen) atoms. The molecule has 1 aliphatic heterocycles. The summed E-state index contributed by atoms with van der Waals surface area (Å²) in [5.41, 5.74) is 5.90. The Balaban J connectivity index is 2.12. The normalized spacial score (nSPS) is 31.7. The molecule has 2 aromatic heterocycles. The monoisotopic (exact) mass is 347 g/mol. The quantitative estimate of drug-likeness (QED) is 0.361. The number of hydrogen-bond acceptors (Lipinski definition) is 10. The first kappa shape index (κ1) is 16.0. The summed E-state index contributed by atoms with van der Waals surface area (Å²) in [6.07, 6.45) is -3.12. The van der Waals surface area contributed by atoms with Crippen molar-refractivity contribution in [1.29, 1.82) is 0 Å². The molecule has 0 aliphatic carbocycles. The molecule has 2 aromatic rings. The zero-order chi connectivity index (χ0) is 17.0. The Bertz CT molecular complexity index is 854. The van der Waals surface area contributed by atoms with E-state index in [2.05, 4.69) is 15.0 Å². The summed E-state index contributed by atoms with van der Waals surface area (Å²) in [5, 5.41) is 29.4. The van der Waals surface area contributed by atoms with Gasteiger partial charge in [0.1, 0.15) is 24.1 Å². The van der Waals surface area contributed by atoms with Gasteiger partial charge in [-0.25, -0.2) is 15.0 Å². The lowest BCUT2D eigenvalue weighted by Gasteiger charge is -2.25. The van der Waals surface area contributed by atoms with Crippen LogP contribution in [0, 0.1) is 0 Å². The Hall–Kier alpha value is -1.90. The smallest absolute Gasteiger partial charge is 0.300 e. The fourth-order valence-electron chi connectivity index (χ4n) is 2.46. The average Bonchev–Trinajstić information content (AvgIpc) is 3.01. The van der Waals surface area contributed by atoms with Crippen molar-refractivity contribution in [2.24, 2.45) is 0 Å². The van der Waals surface area contributed by atoms with Crippen molar-refractivity contribution >= 4 is 27.1 Å². The standard InChI is InChI=1S/C10H13N5O7S/c11-7-4-8(13-2-12-7)15(3-14-4)9-5(17)6(18)10(1-16,22-9)23(19,20)21/h2-3,5-6,9,16-18H,1H2,(H2,11,12,13)(H,19,20,21)/t5-,6+,9-,10+/m1/s1. The Kier molecular flexibility index (Phi) is 3.51. The lowest BCUT2D eigenvalue weighted by Crippen LogP contribution is -2.52. The molecule has 1 aliphatic rings. The number of aromatic nitrogens is 4. The molecule has 4 atom stereocenters. The molecule has 0 spiro atoms. The number of ether oxygens (including phenoxy) is 1. The van der Waals surface area contributed by atoms with Gasteiger partial charge in [-0.05, 0) is 0 Å². The first-order valence-corrected chi connectivity index (χ1v) is 7.72. The Morgan fingerprint density at radius 3 is 2.61 bits per heavy atom. The molecule has 0 bridgehead atoms. The molecule has 6 N–H and O–H groups in total. The number of rotatable bonds is 3. The van der Waals surface area contributed by atoms with Gasteiger partial charge in [-0.1, -0.05) is 0 Å². The summed E-state index contributed by atoms with van der Waals surface area (Å²) in [6, 6.07) is 0. The minimum atomic E-state index is -5.06. The second-order valence-electron chi connectivity index (χ2n) is 4.97. The van der Waals surface area contributed by atoms with Crippen LogP contribution >= 0.6 is 0 Å². The van der Waals surface area contributed by atoms with E-state index in [1.165, 1.54) is 0 Å². The number of fused-ring (bicyclic) bond motifs is 1. The molecule has 0 unspecified atom stereocenters. The predicted octanol–water partition coefficient (Wildman–Crippen LogP) is -2.76. The summed E-state index contributed by atoms with van der Waals surface area (Å²) in [4.78, 5) is 8.77. The molecule has 3 rings (SSSR count). The van der Waals surface area contributed by atoms with Crippen molar-refractivity contribution in [3.8, 4) is 0 Å². The summed E-state index contributed by atoms with van der Waals surface area (Å²) in [7, 11) is -5.06. The first-order valence-electron chi connectivity index (χ1n) is 6.28. The number of hydrogen-bond donors (Lipinski definition) is 5. The highest BCUT2D eigenvalue weighted by Crippen LogP contribution is 2.41. The molecular weight excluding hydrogens is 334 g/mol. The fraction of sp³-hybridized carbons (Fsp3) is 0.500. The van der Waals surface area contributed by atoms with E-state index >= 15 is 0 Å². The van der Waals surface area contributed by atoms with Crippen molar-refractivity contribution < 1.29 is 33.0 Å². The Morgan fingerprint density at radius 2 is 2.04 bits per heavy atom. The van der Waals surface area contributed by atoms with Gasteiger partial charge in [0, 0.05) is 0 Å². The highest BCUT2D eigenvalue weighted by molar-refractivity contribution is 7.87. The van der Waals surface area contributed by atoms with Gasteiger partial charge in [0.15, 0.2) is 17.7 Å². The number of aliphatic hydroxyl groups excluding tert-OH is 3. The molecule has 3 heterocycles. The average molecular weight is 347 g/mol. The summed E-state index contributed by atoms with van der Waals surface area (Å²) >= 11 is 0. The molecule has 0 amide bonds. The second-order valence-corrected chi connectivity index (χ2v) is 6.61. The Morgan fingerprint density at radius 1 is 1.35 bits per heavy atom. The first-order chi connectivity index (χ1) is 10.7. The molecular formula is C10H13N5O7S. The maximum atomic E-state index is 11.5. The third-order valence-electron chi connectivity index (χ3n) is 3.70. The van der Waals surface area contributed by atoms with Gasteiger partial charge in [0.2, 0.25) is 4.93 Å². The predicted molar refractivity (Wildman–Crippen MR) is 73.2 cm³/mol. The van der Waals surface area contributed by atoms with Gasteiger partial charge >= 0.3 is 0 Å². The van der Waals surface area contributed by atoms with E-state index < -0.39 is 40.1 Å². The van der Waals surface area contributed by atoms with Crippen LogP contribution in [0.1, 0.15) is 6.23 Å². The van der Waals surface area contributed by atoms with Crippen molar-refractivity contribution in [3.63, 3.8) is 0 Å². The summed E-state index contributed by atoms with van der Waals surface area (Å²) in [6.45, 7) is -1.27. The van der Waals surface area contributed by atoms with Crippen molar-refractivity contribution in [2.45, 2.75) is 23.4 Å². The van der Waals surface area contributed by atoms with Crippen LogP contribution in [0.2, 0.25) is 0 Å². The number of nitrogen functional groups attached to an aromatic ring is 1. The highest BCUT2D eigenvalue weighted by atomic mass is 32.2. The molecule has 1 saturated heterocycles. The third kappa shape index (κ3) is 2.09. The van der Waals surface area contributed by atoms with Crippen LogP contribution in [0.15, 0.2) is 12.7 Å². The summed E-state index contributed by atoms with van der Waals surface area (Å²) in [5.74, 6) is 0.0463. The maximum absolute atomic E-state index is 11.5. The zero-order valence-electron chi connectivity index (χ0n) is 11.4. The van der Waals surface area contributed by atoms with E-state index in [-0.39, 0.29) is 17.0 Å². The van der Waals surface area contributed by atoms with Crippen LogP contribution in [0.5, 0.6) is 0 Å². The van der Waals surface area contributed by atoms with Gasteiger partial charge in [0.25, 0.3) is 10.1 Å². The molecule has 13 heteroatoms. The fourth-order valence-corrected chi connectivity index (χ4v) is 3.29. The molecule has 126 valence electrons. The SMILES string of the molecule is Nc1ncnc2c1ncn2[C@@H]1O[C@@](CO)(S(=O)(=O)O)[C@@H](O)[C@H]1O. The van der Waals surface area contributed by atoms with Crippen LogP contribution in [0.4, 0.5) is 5.82 Å². The van der Waals surface area contributed by atoms with Gasteiger partial charge < -0.3 is 25.8 Å². The molecule has 1 fully saturated rings. The zero-order valence-corrected chi connectivity index (χ0v) is 12.2. The minimum Gasteiger partial charge on any atom is -0.392 e. The molecule has 12 nitrogen and oxygen atoms in total. The van der Waals surface area contributed by atoms with Gasteiger partial charge in [-0.3, -0.25) is 9.12 Å². The largest absolute Gasteiger partial charge is 0.392 e. The molecule has 0 aromatic carbocycles. The van der Waals surface area contributed by atoms with E-state index in [9.17, 15) is 28.3 Å². The molecule has 0 saturated carbocycles. The van der Waals surface area contributed by atoms with Crippen LogP contribution in [0.25, 0.3) is 11.2 Å². The van der Waals surface area contributed by atoms with Gasteiger partial charge in [0.05, 0.1) is 12.9 Å². The molecule has 0 radical (unpaired) electrons. The van der Waals surface area contributed by atoms with Gasteiger partial charge in [-0.2, -0.15) is 8.42 Å². The van der Waals surface area contributed by atoms with Gasteiger partial charge in [-0.15, -0.1) is 0 Å². The number of anilines is 1. The summed E-state index contributed by atoms with van der Waals surface area (Å²) < 4.78 is 38.5. The van der Waals surface area contributed by atoms with Crippen LogP contribution < -0.4 is 5.73 Å². The number of imidazole rings is 1. The highest BCUT2D eigenvalue weighted by Gasteiger charge is 2.62. The minimum absolute atomic E-state index is 0.0463. The number of aliphatic hydroxyl groups is 3. The third-order valence-corrected chi connectivity index (χ3v) is 5.04. The maximum Gasteiger partial charge on any atom is 0.300 e. The lowest BCUT2D eigenvalue weighted by molar-refractivity contribution is -0.0798. The Labute approximate surface area is 128 Å². The topological polar surface area (TPSA) is 194 Å². The van der Waals surface area contributed by atoms with Crippen molar-refractivity contribution in [3.05, 3.63) is 12.7 Å². The van der Waals surface area contributed by atoms with E-state index in [0.717, 1.165) is 17.2 Å². The van der Waals surface area contributed by atoms with E-state index in [0.29, 0.717) is 0 Å². The van der Waals surface area contributed by atoms with Crippen LogP contribution in [-0.4, -0.2) is 71.6 Å². The van der Waals surface area contributed by atoms with E-state index in [4.69, 9.17) is 10.5 Å². The number of nitrogens with two attached hydrogens (primary N) is 1. The number of nitrogens with zero attached hydrogens (tertiary/aromatic N) is 4. The lowest BCUT2D eigenvalue weighted by atomic mass is 10.1. The van der Waals surface area contributed by atoms with Crippen LogP contribution in [-0.2, 0) is 14.9 Å². The van der Waals surface area contributed by atoms with E-state index in [1.54, 1.807) is 0 Å². The second kappa shape index (κ2) is 5.05. The van der Waals surface area contributed by atoms with Crippen LogP contribution in [0.3, 0.4) is 0 Å².